The highest BCUT2D eigenvalue weighted by Crippen LogP contribution is 2.22. The summed E-state index contributed by atoms with van der Waals surface area (Å²) in [6, 6.07) is 18.6. The van der Waals surface area contributed by atoms with Crippen molar-refractivity contribution < 1.29 is 22.7 Å². The number of fused-ring (bicyclic) bond motifs is 1. The van der Waals surface area contributed by atoms with Crippen molar-refractivity contribution in [2.45, 2.75) is 43.7 Å². The molecule has 0 bridgehead atoms. The molecule has 1 aliphatic rings. The van der Waals surface area contributed by atoms with E-state index in [4.69, 9.17) is 9.47 Å². The molecule has 4 rings (SSSR count). The van der Waals surface area contributed by atoms with Gasteiger partial charge in [0.05, 0.1) is 11.0 Å². The lowest BCUT2D eigenvalue weighted by Gasteiger charge is -2.22. The van der Waals surface area contributed by atoms with E-state index in [-0.39, 0.29) is 16.9 Å². The summed E-state index contributed by atoms with van der Waals surface area (Å²) in [5.74, 6) is -0.0871. The van der Waals surface area contributed by atoms with Crippen LogP contribution in [0.5, 0.6) is 5.75 Å². The van der Waals surface area contributed by atoms with Crippen molar-refractivity contribution in [3.63, 3.8) is 0 Å². The van der Waals surface area contributed by atoms with Crippen molar-refractivity contribution in [1.29, 1.82) is 0 Å². The minimum absolute atomic E-state index is 0.0908. The zero-order valence-corrected chi connectivity index (χ0v) is 20.2. The van der Waals surface area contributed by atoms with Crippen LogP contribution in [-0.2, 0) is 19.6 Å². The van der Waals surface area contributed by atoms with E-state index in [2.05, 4.69) is 10.0 Å². The van der Waals surface area contributed by atoms with Gasteiger partial charge in [0.25, 0.3) is 0 Å². The molecule has 2 atom stereocenters. The number of amides is 1. The van der Waals surface area contributed by atoms with Crippen molar-refractivity contribution >= 4 is 32.4 Å². The second-order valence-electron chi connectivity index (χ2n) is 8.82. The summed E-state index contributed by atoms with van der Waals surface area (Å²) in [7, 11) is -3.91. The van der Waals surface area contributed by atoms with Crippen LogP contribution < -0.4 is 14.8 Å². The molecular formula is C26H30N2O5S. The third-order valence-corrected chi connectivity index (χ3v) is 7.26. The van der Waals surface area contributed by atoms with Gasteiger partial charge in [0.2, 0.25) is 15.9 Å². The highest BCUT2D eigenvalue weighted by molar-refractivity contribution is 7.89. The number of nitrogens with one attached hydrogen (secondary N) is 2. The summed E-state index contributed by atoms with van der Waals surface area (Å²) in [6.07, 6.45) is 2.10. The summed E-state index contributed by atoms with van der Waals surface area (Å²) in [5, 5.41) is 4.58. The van der Waals surface area contributed by atoms with E-state index in [1.807, 2.05) is 30.3 Å². The smallest absolute Gasteiger partial charge is 0.242 e. The van der Waals surface area contributed by atoms with Crippen LogP contribution in [0, 0.1) is 5.92 Å². The van der Waals surface area contributed by atoms with Crippen LogP contribution in [0.3, 0.4) is 0 Å². The Bertz CT molecular complexity index is 1250. The standard InChI is InChI=1S/C26H30N2O5S/c1-18(2)25(28-34(30,31)24-13-12-19-7-3-4-8-20(19)15-24)26(29)27-21-9-5-10-22(16-21)33-17-23-11-6-14-32-23/h3-5,7-10,12-13,15-16,18,23,25,28H,6,11,14,17H2,1-2H3,(H,27,29)/t23-,25-/m1/s1. The summed E-state index contributed by atoms with van der Waals surface area (Å²) in [6.45, 7) is 4.82. The number of ether oxygens (including phenoxy) is 2. The number of carbonyl (C=O) groups excluding carboxylic acids is 1. The van der Waals surface area contributed by atoms with Gasteiger partial charge >= 0.3 is 0 Å². The summed E-state index contributed by atoms with van der Waals surface area (Å²) < 4.78 is 40.1. The molecule has 0 unspecified atom stereocenters. The molecule has 34 heavy (non-hydrogen) atoms. The van der Waals surface area contributed by atoms with Gasteiger partial charge < -0.3 is 14.8 Å². The van der Waals surface area contributed by atoms with Crippen LogP contribution >= 0.6 is 0 Å². The maximum absolute atomic E-state index is 13.1. The Morgan fingerprint density at radius 3 is 2.59 bits per heavy atom. The van der Waals surface area contributed by atoms with Gasteiger partial charge in [-0.2, -0.15) is 4.72 Å². The highest BCUT2D eigenvalue weighted by Gasteiger charge is 2.28. The summed E-state index contributed by atoms with van der Waals surface area (Å²) in [5.41, 5.74) is 0.533. The molecule has 7 nitrogen and oxygen atoms in total. The van der Waals surface area contributed by atoms with E-state index < -0.39 is 22.0 Å². The van der Waals surface area contributed by atoms with Gasteiger partial charge in [-0.05, 0) is 53.8 Å². The Hall–Kier alpha value is -2.94. The maximum atomic E-state index is 13.1. The van der Waals surface area contributed by atoms with Crippen LogP contribution in [0.2, 0.25) is 0 Å². The fraction of sp³-hybridized carbons (Fsp3) is 0.346. The molecule has 1 fully saturated rings. The number of hydrogen-bond acceptors (Lipinski definition) is 5. The molecule has 2 N–H and O–H groups in total. The average Bonchev–Trinajstić information content (AvgIpc) is 3.35. The second-order valence-corrected chi connectivity index (χ2v) is 10.5. The van der Waals surface area contributed by atoms with Crippen molar-refractivity contribution in [2.24, 2.45) is 5.92 Å². The van der Waals surface area contributed by atoms with Crippen molar-refractivity contribution in [2.75, 3.05) is 18.5 Å². The molecule has 1 saturated heterocycles. The first-order chi connectivity index (χ1) is 16.3. The molecule has 0 radical (unpaired) electrons. The van der Waals surface area contributed by atoms with E-state index in [9.17, 15) is 13.2 Å². The van der Waals surface area contributed by atoms with Crippen molar-refractivity contribution in [3.8, 4) is 5.75 Å². The SMILES string of the molecule is CC(C)[C@@H](NS(=O)(=O)c1ccc2ccccc2c1)C(=O)Nc1cccc(OC[C@H]2CCCO2)c1. The minimum atomic E-state index is -3.91. The predicted molar refractivity (Wildman–Crippen MR) is 132 cm³/mol. The molecule has 3 aromatic rings. The number of carbonyl (C=O) groups is 1. The third-order valence-electron chi connectivity index (χ3n) is 5.82. The first-order valence-corrected chi connectivity index (χ1v) is 13.0. The van der Waals surface area contributed by atoms with Gasteiger partial charge in [-0.1, -0.05) is 50.2 Å². The maximum Gasteiger partial charge on any atom is 0.242 e. The fourth-order valence-corrected chi connectivity index (χ4v) is 5.29. The Morgan fingerprint density at radius 2 is 1.85 bits per heavy atom. The molecule has 0 aliphatic carbocycles. The Balaban J connectivity index is 1.45. The van der Waals surface area contributed by atoms with E-state index in [1.54, 1.807) is 50.2 Å². The van der Waals surface area contributed by atoms with E-state index in [0.717, 1.165) is 30.2 Å². The quantitative estimate of drug-likeness (QED) is 0.473. The lowest BCUT2D eigenvalue weighted by molar-refractivity contribution is -0.118. The zero-order valence-electron chi connectivity index (χ0n) is 19.4. The highest BCUT2D eigenvalue weighted by atomic mass is 32.2. The molecule has 3 aromatic carbocycles. The van der Waals surface area contributed by atoms with Gasteiger partial charge in [-0.3, -0.25) is 4.79 Å². The summed E-state index contributed by atoms with van der Waals surface area (Å²) >= 11 is 0. The topological polar surface area (TPSA) is 93.7 Å². The van der Waals surface area contributed by atoms with Crippen LogP contribution in [-0.4, -0.2) is 39.7 Å². The van der Waals surface area contributed by atoms with Crippen LogP contribution in [0.4, 0.5) is 5.69 Å². The van der Waals surface area contributed by atoms with Gasteiger partial charge in [-0.15, -0.1) is 0 Å². The second kappa shape index (κ2) is 10.5. The van der Waals surface area contributed by atoms with Crippen LogP contribution in [0.1, 0.15) is 26.7 Å². The van der Waals surface area contributed by atoms with E-state index >= 15 is 0 Å². The first-order valence-electron chi connectivity index (χ1n) is 11.5. The molecule has 0 aromatic heterocycles. The molecule has 1 aliphatic heterocycles. The van der Waals surface area contributed by atoms with Crippen molar-refractivity contribution in [1.82, 2.24) is 4.72 Å². The number of hydrogen-bond donors (Lipinski definition) is 2. The monoisotopic (exact) mass is 482 g/mol. The fourth-order valence-electron chi connectivity index (χ4n) is 3.91. The average molecular weight is 483 g/mol. The molecule has 1 heterocycles. The molecule has 0 spiro atoms. The largest absolute Gasteiger partial charge is 0.491 e. The molecular weight excluding hydrogens is 452 g/mol. The van der Waals surface area contributed by atoms with E-state index in [1.165, 1.54) is 0 Å². The van der Waals surface area contributed by atoms with Gasteiger partial charge in [0.15, 0.2) is 0 Å². The first kappa shape index (κ1) is 24.2. The minimum Gasteiger partial charge on any atom is -0.491 e. The normalized spacial score (nSPS) is 17.1. The molecule has 0 saturated carbocycles. The molecule has 1 amide bonds. The van der Waals surface area contributed by atoms with E-state index in [0.29, 0.717) is 18.0 Å². The number of anilines is 1. The lowest BCUT2D eigenvalue weighted by atomic mass is 10.0. The predicted octanol–water partition coefficient (Wildman–Crippen LogP) is 4.34. The Labute approximate surface area is 200 Å². The number of rotatable bonds is 9. The van der Waals surface area contributed by atoms with Crippen LogP contribution in [0.25, 0.3) is 10.8 Å². The molecule has 8 heteroatoms. The zero-order chi connectivity index (χ0) is 24.1. The summed E-state index contributed by atoms with van der Waals surface area (Å²) in [4.78, 5) is 13.2. The van der Waals surface area contributed by atoms with Gasteiger partial charge in [0.1, 0.15) is 18.4 Å². The van der Waals surface area contributed by atoms with Gasteiger partial charge in [-0.25, -0.2) is 8.42 Å². The lowest BCUT2D eigenvalue weighted by Crippen LogP contribution is -2.47. The van der Waals surface area contributed by atoms with Crippen molar-refractivity contribution in [3.05, 3.63) is 66.7 Å². The molecule has 180 valence electrons. The number of sulfonamides is 1. The van der Waals surface area contributed by atoms with Gasteiger partial charge in [0, 0.05) is 18.4 Å². The third kappa shape index (κ3) is 5.94. The number of benzene rings is 3. The van der Waals surface area contributed by atoms with Crippen LogP contribution in [0.15, 0.2) is 71.6 Å². The Morgan fingerprint density at radius 1 is 1.06 bits per heavy atom. The Kier molecular flexibility index (Phi) is 7.50.